The molecular formula is C10H22OZr. The Morgan fingerprint density at radius 1 is 1.00 bits per heavy atom. The van der Waals surface area contributed by atoms with E-state index >= 15 is 0 Å². The van der Waals surface area contributed by atoms with Gasteiger partial charge >= 0.3 is 0 Å². The van der Waals surface area contributed by atoms with Gasteiger partial charge in [0.1, 0.15) is 0 Å². The molecule has 0 bridgehead atoms. The molecule has 0 amide bonds. The Labute approximate surface area is 96.1 Å². The standard InChI is InChI=1S/C10H22O.Zr/c1-5-9(6-2)10(11,7-3)8-4;/h9,11H,5-8H2,1-4H3;. The van der Waals surface area contributed by atoms with Crippen LogP contribution in [0.2, 0.25) is 0 Å². The van der Waals surface area contributed by atoms with Gasteiger partial charge in [-0.3, -0.25) is 0 Å². The SMILES string of the molecule is CCC(CC)C(O)(CC)CC.[Zr]. The molecule has 0 aliphatic carbocycles. The van der Waals surface area contributed by atoms with Crippen LogP contribution in [0.1, 0.15) is 53.4 Å². The van der Waals surface area contributed by atoms with Crippen LogP contribution in [-0.4, -0.2) is 10.7 Å². The monoisotopic (exact) mass is 248 g/mol. The van der Waals surface area contributed by atoms with Crippen LogP contribution >= 0.6 is 0 Å². The van der Waals surface area contributed by atoms with Crippen LogP contribution in [0, 0.1) is 5.92 Å². The van der Waals surface area contributed by atoms with Crippen molar-refractivity contribution < 1.29 is 31.3 Å². The summed E-state index contributed by atoms with van der Waals surface area (Å²) in [4.78, 5) is 0. The molecule has 1 N–H and O–H groups in total. The van der Waals surface area contributed by atoms with E-state index in [4.69, 9.17) is 0 Å². The van der Waals surface area contributed by atoms with Crippen molar-refractivity contribution in [3.63, 3.8) is 0 Å². The molecule has 0 rings (SSSR count). The van der Waals surface area contributed by atoms with Crippen molar-refractivity contribution in [3.05, 3.63) is 0 Å². The molecule has 0 heterocycles. The van der Waals surface area contributed by atoms with E-state index < -0.39 is 5.60 Å². The topological polar surface area (TPSA) is 20.2 Å². The van der Waals surface area contributed by atoms with Gasteiger partial charge in [0.15, 0.2) is 0 Å². The maximum absolute atomic E-state index is 10.1. The Morgan fingerprint density at radius 2 is 1.33 bits per heavy atom. The minimum atomic E-state index is -0.399. The molecule has 0 saturated heterocycles. The first kappa shape index (κ1) is 15.3. The van der Waals surface area contributed by atoms with Crippen LogP contribution < -0.4 is 0 Å². The third-order valence-electron chi connectivity index (χ3n) is 2.97. The van der Waals surface area contributed by atoms with Gasteiger partial charge < -0.3 is 5.11 Å². The van der Waals surface area contributed by atoms with E-state index in [2.05, 4.69) is 27.7 Å². The van der Waals surface area contributed by atoms with Gasteiger partial charge in [-0.25, -0.2) is 0 Å². The second-order valence-electron chi connectivity index (χ2n) is 3.32. The number of aliphatic hydroxyl groups is 1. The first-order valence-electron chi connectivity index (χ1n) is 4.86. The van der Waals surface area contributed by atoms with Crippen LogP contribution in [0.15, 0.2) is 0 Å². The van der Waals surface area contributed by atoms with Gasteiger partial charge in [-0.1, -0.05) is 40.5 Å². The van der Waals surface area contributed by atoms with Gasteiger partial charge in [0.05, 0.1) is 5.60 Å². The summed E-state index contributed by atoms with van der Waals surface area (Å²) in [6, 6.07) is 0. The fourth-order valence-electron chi connectivity index (χ4n) is 1.88. The van der Waals surface area contributed by atoms with Crippen molar-refractivity contribution in [2.45, 2.75) is 59.0 Å². The van der Waals surface area contributed by atoms with Crippen molar-refractivity contribution in [1.82, 2.24) is 0 Å². The predicted octanol–water partition coefficient (Wildman–Crippen LogP) is 2.97. The van der Waals surface area contributed by atoms with Crippen LogP contribution in [0.4, 0.5) is 0 Å². The molecule has 2 heteroatoms. The predicted molar refractivity (Wildman–Crippen MR) is 49.6 cm³/mol. The largest absolute Gasteiger partial charge is 0.390 e. The van der Waals surface area contributed by atoms with Crippen LogP contribution in [-0.2, 0) is 26.2 Å². The van der Waals surface area contributed by atoms with Crippen molar-refractivity contribution in [3.8, 4) is 0 Å². The summed E-state index contributed by atoms with van der Waals surface area (Å²) in [6.07, 6.45) is 3.95. The zero-order chi connectivity index (χ0) is 8.91. The molecule has 1 nitrogen and oxygen atoms in total. The van der Waals surface area contributed by atoms with Gasteiger partial charge in [-0.2, -0.15) is 0 Å². The average Bonchev–Trinajstić information content (AvgIpc) is 2.06. The summed E-state index contributed by atoms with van der Waals surface area (Å²) in [6.45, 7) is 8.46. The van der Waals surface area contributed by atoms with Gasteiger partial charge in [0.25, 0.3) is 0 Å². The molecule has 0 atom stereocenters. The van der Waals surface area contributed by atoms with Gasteiger partial charge in [0.2, 0.25) is 0 Å². The Balaban J connectivity index is 0. The second-order valence-corrected chi connectivity index (χ2v) is 3.32. The molecule has 0 radical (unpaired) electrons. The fraction of sp³-hybridized carbons (Fsp3) is 1.00. The third kappa shape index (κ3) is 3.70. The summed E-state index contributed by atoms with van der Waals surface area (Å²) >= 11 is 0. The number of hydrogen-bond donors (Lipinski definition) is 1. The maximum Gasteiger partial charge on any atom is 0.0670 e. The molecule has 0 saturated carbocycles. The molecule has 0 aliphatic heterocycles. The van der Waals surface area contributed by atoms with Crippen molar-refractivity contribution in [2.24, 2.45) is 5.92 Å². The normalized spacial score (nSPS) is 11.5. The smallest absolute Gasteiger partial charge is 0.0670 e. The first-order valence-corrected chi connectivity index (χ1v) is 4.86. The van der Waals surface area contributed by atoms with Crippen molar-refractivity contribution in [2.75, 3.05) is 0 Å². The van der Waals surface area contributed by atoms with Crippen LogP contribution in [0.5, 0.6) is 0 Å². The van der Waals surface area contributed by atoms with Crippen molar-refractivity contribution >= 4 is 0 Å². The Kier molecular flexibility index (Phi) is 9.28. The Bertz CT molecular complexity index is 96.0. The zero-order valence-electron chi connectivity index (χ0n) is 8.85. The fourth-order valence-corrected chi connectivity index (χ4v) is 1.88. The van der Waals surface area contributed by atoms with E-state index in [0.717, 1.165) is 25.7 Å². The summed E-state index contributed by atoms with van der Waals surface area (Å²) < 4.78 is 0. The Morgan fingerprint density at radius 3 is 1.42 bits per heavy atom. The summed E-state index contributed by atoms with van der Waals surface area (Å²) in [5, 5.41) is 10.1. The quantitative estimate of drug-likeness (QED) is 0.794. The minimum absolute atomic E-state index is 0. The van der Waals surface area contributed by atoms with E-state index in [9.17, 15) is 5.11 Å². The van der Waals surface area contributed by atoms with E-state index in [1.165, 1.54) is 0 Å². The molecule has 0 spiro atoms. The minimum Gasteiger partial charge on any atom is -0.390 e. The summed E-state index contributed by atoms with van der Waals surface area (Å²) in [5.41, 5.74) is -0.399. The van der Waals surface area contributed by atoms with Gasteiger partial charge in [-0.05, 0) is 18.8 Å². The molecule has 0 unspecified atom stereocenters. The van der Waals surface area contributed by atoms with E-state index in [0.29, 0.717) is 5.92 Å². The molecular weight excluding hydrogens is 227 g/mol. The van der Waals surface area contributed by atoms with Crippen LogP contribution in [0.3, 0.4) is 0 Å². The van der Waals surface area contributed by atoms with Crippen molar-refractivity contribution in [1.29, 1.82) is 0 Å². The molecule has 0 aromatic rings. The zero-order valence-corrected chi connectivity index (χ0v) is 11.3. The number of hydrogen-bond acceptors (Lipinski definition) is 1. The van der Waals surface area contributed by atoms with E-state index in [1.54, 1.807) is 0 Å². The van der Waals surface area contributed by atoms with Gasteiger partial charge in [-0.15, -0.1) is 0 Å². The molecule has 12 heavy (non-hydrogen) atoms. The summed E-state index contributed by atoms with van der Waals surface area (Å²) in [5.74, 6) is 0.484. The van der Waals surface area contributed by atoms with E-state index in [1.807, 2.05) is 0 Å². The third-order valence-corrected chi connectivity index (χ3v) is 2.97. The number of rotatable bonds is 5. The van der Waals surface area contributed by atoms with E-state index in [-0.39, 0.29) is 26.2 Å². The second kappa shape index (κ2) is 7.27. The molecule has 0 fully saturated rings. The Hall–Kier alpha value is 0.843. The summed E-state index contributed by atoms with van der Waals surface area (Å²) in [7, 11) is 0. The molecule has 72 valence electrons. The molecule has 0 aromatic heterocycles. The molecule has 0 aliphatic rings. The molecule has 0 aromatic carbocycles. The maximum atomic E-state index is 10.1. The first-order chi connectivity index (χ1) is 5.14. The van der Waals surface area contributed by atoms with Gasteiger partial charge in [0, 0.05) is 26.2 Å². The van der Waals surface area contributed by atoms with Crippen LogP contribution in [0.25, 0.3) is 0 Å². The average molecular weight is 250 g/mol.